The number of anilines is 1. The highest BCUT2D eigenvalue weighted by Gasteiger charge is 2.31. The number of carbonyl (C=O) groups excluding carboxylic acids is 2. The summed E-state index contributed by atoms with van der Waals surface area (Å²) >= 11 is 6.95. The number of amides is 1. The van der Waals surface area contributed by atoms with Gasteiger partial charge >= 0.3 is 0 Å². The van der Waals surface area contributed by atoms with E-state index in [0.717, 1.165) is 0 Å². The van der Waals surface area contributed by atoms with E-state index in [-0.39, 0.29) is 27.7 Å². The van der Waals surface area contributed by atoms with Crippen molar-refractivity contribution in [2.24, 2.45) is 5.92 Å². The first kappa shape index (κ1) is 15.8. The van der Waals surface area contributed by atoms with Gasteiger partial charge in [-0.25, -0.2) is 0 Å². The second kappa shape index (κ2) is 6.44. The van der Waals surface area contributed by atoms with Crippen molar-refractivity contribution in [3.63, 3.8) is 0 Å². The van der Waals surface area contributed by atoms with E-state index in [2.05, 4.69) is 0 Å². The van der Waals surface area contributed by atoms with Crippen LogP contribution in [0.2, 0.25) is 5.02 Å². The highest BCUT2D eigenvalue weighted by molar-refractivity contribution is 8.13. The zero-order valence-electron chi connectivity index (χ0n) is 11.2. The van der Waals surface area contributed by atoms with E-state index < -0.39 is 4.92 Å². The lowest BCUT2D eigenvalue weighted by atomic mass is 10.1. The second-order valence-electron chi connectivity index (χ2n) is 4.77. The Morgan fingerprint density at radius 3 is 2.90 bits per heavy atom. The summed E-state index contributed by atoms with van der Waals surface area (Å²) in [6.45, 7) is 1.94. The number of carbonyl (C=O) groups is 2. The van der Waals surface area contributed by atoms with E-state index in [1.165, 1.54) is 35.7 Å². The number of benzene rings is 1. The number of hydrogen-bond donors (Lipinski definition) is 0. The van der Waals surface area contributed by atoms with Crippen LogP contribution in [0.1, 0.15) is 13.3 Å². The van der Waals surface area contributed by atoms with Crippen LogP contribution in [0.5, 0.6) is 0 Å². The van der Waals surface area contributed by atoms with Gasteiger partial charge in [-0.05, 0) is 18.1 Å². The van der Waals surface area contributed by atoms with Crippen molar-refractivity contribution in [3.05, 3.63) is 33.3 Å². The average Bonchev–Trinajstić information content (AvgIpc) is 2.78. The third-order valence-corrected chi connectivity index (χ3v) is 4.53. The maximum absolute atomic E-state index is 12.0. The lowest BCUT2D eigenvalue weighted by Gasteiger charge is -2.16. The molecule has 0 aromatic heterocycles. The van der Waals surface area contributed by atoms with Crippen LogP contribution >= 0.6 is 23.4 Å². The highest BCUT2D eigenvalue weighted by atomic mass is 35.5. The summed E-state index contributed by atoms with van der Waals surface area (Å²) in [5.74, 6) is 0.551. The van der Waals surface area contributed by atoms with E-state index in [9.17, 15) is 19.7 Å². The summed E-state index contributed by atoms with van der Waals surface area (Å²) < 4.78 is 0. The molecule has 1 unspecified atom stereocenters. The third kappa shape index (κ3) is 3.74. The molecule has 0 saturated carbocycles. The van der Waals surface area contributed by atoms with Gasteiger partial charge in [-0.3, -0.25) is 19.7 Å². The van der Waals surface area contributed by atoms with Gasteiger partial charge < -0.3 is 4.90 Å². The molecule has 21 heavy (non-hydrogen) atoms. The molecule has 112 valence electrons. The Bertz CT molecular complexity index is 608. The minimum absolute atomic E-state index is 0.0167. The maximum atomic E-state index is 12.0. The lowest BCUT2D eigenvalue weighted by molar-refractivity contribution is -0.384. The predicted octanol–water partition coefficient (Wildman–Crippen LogP) is 2.88. The quantitative estimate of drug-likeness (QED) is 0.627. The molecule has 1 fully saturated rings. The van der Waals surface area contributed by atoms with Crippen molar-refractivity contribution in [3.8, 4) is 0 Å². The fourth-order valence-corrected chi connectivity index (χ4v) is 3.07. The van der Waals surface area contributed by atoms with Gasteiger partial charge in [0.15, 0.2) is 5.12 Å². The second-order valence-corrected chi connectivity index (χ2v) is 6.37. The zero-order valence-corrected chi connectivity index (χ0v) is 12.8. The maximum Gasteiger partial charge on any atom is 0.289 e. The molecule has 0 radical (unpaired) electrons. The average molecular weight is 329 g/mol. The molecule has 8 heteroatoms. The molecule has 1 amide bonds. The van der Waals surface area contributed by atoms with Crippen LogP contribution in [0, 0.1) is 16.0 Å². The Morgan fingerprint density at radius 1 is 1.57 bits per heavy atom. The number of halogens is 1. The Kier molecular flexibility index (Phi) is 4.84. The fourth-order valence-electron chi connectivity index (χ4n) is 2.19. The van der Waals surface area contributed by atoms with E-state index in [1.807, 2.05) is 0 Å². The third-order valence-electron chi connectivity index (χ3n) is 3.17. The molecule has 1 heterocycles. The summed E-state index contributed by atoms with van der Waals surface area (Å²) in [4.78, 5) is 34.8. The van der Waals surface area contributed by atoms with Gasteiger partial charge in [-0.15, -0.1) is 0 Å². The molecular weight excluding hydrogens is 316 g/mol. The molecule has 1 aromatic carbocycles. The number of nitro groups is 1. The van der Waals surface area contributed by atoms with Gasteiger partial charge in [0.25, 0.3) is 5.69 Å². The van der Waals surface area contributed by atoms with Crippen molar-refractivity contribution in [2.45, 2.75) is 13.3 Å². The van der Waals surface area contributed by atoms with Crippen molar-refractivity contribution in [2.75, 3.05) is 17.2 Å². The summed E-state index contributed by atoms with van der Waals surface area (Å²) in [6, 6.07) is 4.31. The van der Waals surface area contributed by atoms with Crippen LogP contribution < -0.4 is 4.90 Å². The van der Waals surface area contributed by atoms with Crippen LogP contribution in [-0.4, -0.2) is 28.2 Å². The van der Waals surface area contributed by atoms with Gasteiger partial charge in [0.2, 0.25) is 5.91 Å². The van der Waals surface area contributed by atoms with Crippen LogP contribution in [-0.2, 0) is 9.59 Å². The number of rotatable bonds is 4. The molecule has 1 aliphatic heterocycles. The molecule has 1 aliphatic rings. The Morgan fingerprint density at radius 2 is 2.29 bits per heavy atom. The predicted molar refractivity (Wildman–Crippen MR) is 81.7 cm³/mol. The van der Waals surface area contributed by atoms with Gasteiger partial charge in [-0.2, -0.15) is 0 Å². The largest absolute Gasteiger partial charge is 0.312 e. The van der Waals surface area contributed by atoms with Crippen molar-refractivity contribution >= 4 is 45.8 Å². The standard InChI is InChI=1S/C13H13ClN2O4S/c1-8(17)21-7-9-4-13(18)15(6-9)10-2-3-11(14)12(5-10)16(19)20/h2-3,5,9H,4,6-7H2,1H3. The van der Waals surface area contributed by atoms with E-state index in [0.29, 0.717) is 24.4 Å². The SMILES string of the molecule is CC(=O)SCC1CC(=O)N(c2ccc(Cl)c([N+](=O)[O-])c2)C1. The molecule has 0 bridgehead atoms. The molecule has 1 atom stereocenters. The first-order chi connectivity index (χ1) is 9.88. The molecular formula is C13H13ClN2O4S. The van der Waals surface area contributed by atoms with Crippen LogP contribution in [0.4, 0.5) is 11.4 Å². The van der Waals surface area contributed by atoms with Gasteiger partial charge in [0, 0.05) is 31.7 Å². The number of thioether (sulfide) groups is 1. The summed E-state index contributed by atoms with van der Waals surface area (Å²) in [5, 5.41) is 10.9. The lowest BCUT2D eigenvalue weighted by Crippen LogP contribution is -2.24. The monoisotopic (exact) mass is 328 g/mol. The van der Waals surface area contributed by atoms with Crippen LogP contribution in [0.15, 0.2) is 18.2 Å². The smallest absolute Gasteiger partial charge is 0.289 e. The molecule has 0 aliphatic carbocycles. The molecule has 2 rings (SSSR count). The Labute approximate surface area is 130 Å². The molecule has 1 saturated heterocycles. The number of hydrogen-bond acceptors (Lipinski definition) is 5. The highest BCUT2D eigenvalue weighted by Crippen LogP contribution is 2.33. The first-order valence-electron chi connectivity index (χ1n) is 6.26. The van der Waals surface area contributed by atoms with E-state index >= 15 is 0 Å². The van der Waals surface area contributed by atoms with Gasteiger partial charge in [0.1, 0.15) is 5.02 Å². The summed E-state index contributed by atoms with van der Waals surface area (Å²) in [6.07, 6.45) is 0.344. The minimum Gasteiger partial charge on any atom is -0.312 e. The summed E-state index contributed by atoms with van der Waals surface area (Å²) in [5.41, 5.74) is 0.245. The Balaban J connectivity index is 2.15. The van der Waals surface area contributed by atoms with E-state index in [4.69, 9.17) is 11.6 Å². The normalized spacial score (nSPS) is 18.1. The van der Waals surface area contributed by atoms with Crippen LogP contribution in [0.25, 0.3) is 0 Å². The fraction of sp³-hybridized carbons (Fsp3) is 0.385. The zero-order chi connectivity index (χ0) is 15.6. The topological polar surface area (TPSA) is 80.5 Å². The minimum atomic E-state index is -0.574. The van der Waals surface area contributed by atoms with Crippen molar-refractivity contribution in [1.29, 1.82) is 0 Å². The van der Waals surface area contributed by atoms with Gasteiger partial charge in [0.05, 0.1) is 10.6 Å². The number of nitrogens with zero attached hydrogens (tertiary/aromatic N) is 2. The molecule has 6 nitrogen and oxygen atoms in total. The Hall–Kier alpha value is -1.60. The number of nitro benzene ring substituents is 1. The molecule has 0 N–H and O–H groups in total. The van der Waals surface area contributed by atoms with Gasteiger partial charge in [-0.1, -0.05) is 23.4 Å². The van der Waals surface area contributed by atoms with Crippen molar-refractivity contribution < 1.29 is 14.5 Å². The van der Waals surface area contributed by atoms with E-state index in [1.54, 1.807) is 6.07 Å². The molecule has 1 aromatic rings. The van der Waals surface area contributed by atoms with Crippen LogP contribution in [0.3, 0.4) is 0 Å². The first-order valence-corrected chi connectivity index (χ1v) is 7.62. The molecule has 0 spiro atoms. The summed E-state index contributed by atoms with van der Waals surface area (Å²) in [7, 11) is 0. The van der Waals surface area contributed by atoms with Crippen molar-refractivity contribution in [1.82, 2.24) is 0 Å².